The van der Waals surface area contributed by atoms with Crippen LogP contribution in [0.4, 0.5) is 0 Å². The zero-order chi connectivity index (χ0) is 13.5. The van der Waals surface area contributed by atoms with E-state index in [2.05, 4.69) is 29.6 Å². The smallest absolute Gasteiger partial charge is 0.229 e. The molecular weight excluding hydrogens is 234 g/mol. The molecule has 0 aliphatic carbocycles. The molecule has 2 nitrogen and oxygen atoms in total. The standard InChI is InChI=1S/C17H17NO/c1-16(2)15(19)18-17(16,13-9-5-3-6-10-13)14-11-7-4-8-12-14/h3-12H,1-2H3,(H,18,19). The van der Waals surface area contributed by atoms with E-state index in [9.17, 15) is 4.79 Å². The fourth-order valence-electron chi connectivity index (χ4n) is 3.00. The van der Waals surface area contributed by atoms with Crippen molar-refractivity contribution in [3.05, 3.63) is 71.8 Å². The van der Waals surface area contributed by atoms with E-state index in [0.717, 1.165) is 11.1 Å². The van der Waals surface area contributed by atoms with Gasteiger partial charge in [-0.05, 0) is 25.0 Å². The molecule has 0 saturated carbocycles. The Morgan fingerprint density at radius 3 is 1.53 bits per heavy atom. The lowest BCUT2D eigenvalue weighted by Gasteiger charge is -2.56. The zero-order valence-electron chi connectivity index (χ0n) is 11.2. The molecule has 1 heterocycles. The van der Waals surface area contributed by atoms with E-state index < -0.39 is 11.0 Å². The number of benzene rings is 2. The average Bonchev–Trinajstić information content (AvgIpc) is 2.46. The Hall–Kier alpha value is -2.09. The van der Waals surface area contributed by atoms with E-state index in [-0.39, 0.29) is 5.91 Å². The molecule has 0 atom stereocenters. The molecule has 1 amide bonds. The third kappa shape index (κ3) is 1.46. The quantitative estimate of drug-likeness (QED) is 0.816. The minimum Gasteiger partial charge on any atom is -0.341 e. The lowest BCUT2D eigenvalue weighted by Crippen LogP contribution is -2.72. The van der Waals surface area contributed by atoms with Crippen LogP contribution in [0.3, 0.4) is 0 Å². The number of nitrogens with one attached hydrogen (secondary N) is 1. The van der Waals surface area contributed by atoms with Crippen molar-refractivity contribution in [2.45, 2.75) is 19.4 Å². The van der Waals surface area contributed by atoms with Crippen LogP contribution in [0.1, 0.15) is 25.0 Å². The Labute approximate surface area is 113 Å². The monoisotopic (exact) mass is 251 g/mol. The molecule has 2 aromatic carbocycles. The topological polar surface area (TPSA) is 29.1 Å². The van der Waals surface area contributed by atoms with Crippen LogP contribution in [0.25, 0.3) is 0 Å². The Morgan fingerprint density at radius 2 is 1.21 bits per heavy atom. The summed E-state index contributed by atoms with van der Waals surface area (Å²) in [7, 11) is 0. The van der Waals surface area contributed by atoms with Gasteiger partial charge in [-0.2, -0.15) is 0 Å². The molecule has 1 N–H and O–H groups in total. The Bertz CT molecular complexity index is 562. The van der Waals surface area contributed by atoms with Crippen LogP contribution in [-0.2, 0) is 10.3 Å². The van der Waals surface area contributed by atoms with Crippen LogP contribution in [0.15, 0.2) is 60.7 Å². The van der Waals surface area contributed by atoms with Crippen molar-refractivity contribution in [3.8, 4) is 0 Å². The highest BCUT2D eigenvalue weighted by atomic mass is 16.2. The summed E-state index contributed by atoms with van der Waals surface area (Å²) >= 11 is 0. The van der Waals surface area contributed by atoms with Crippen molar-refractivity contribution >= 4 is 5.91 Å². The van der Waals surface area contributed by atoms with Crippen molar-refractivity contribution in [3.63, 3.8) is 0 Å². The highest BCUT2D eigenvalue weighted by Crippen LogP contribution is 2.51. The molecule has 0 aromatic heterocycles. The van der Waals surface area contributed by atoms with Crippen molar-refractivity contribution in [1.82, 2.24) is 5.32 Å². The molecule has 1 fully saturated rings. The lowest BCUT2D eigenvalue weighted by atomic mass is 9.58. The van der Waals surface area contributed by atoms with Crippen molar-refractivity contribution in [1.29, 1.82) is 0 Å². The van der Waals surface area contributed by atoms with Gasteiger partial charge in [-0.3, -0.25) is 4.79 Å². The maximum Gasteiger partial charge on any atom is 0.229 e. The molecule has 96 valence electrons. The van der Waals surface area contributed by atoms with Crippen LogP contribution in [-0.4, -0.2) is 5.91 Å². The Kier molecular flexibility index (Phi) is 2.49. The molecule has 2 heteroatoms. The minimum atomic E-state index is -0.449. The van der Waals surface area contributed by atoms with Crippen LogP contribution < -0.4 is 5.32 Å². The summed E-state index contributed by atoms with van der Waals surface area (Å²) in [4.78, 5) is 12.0. The van der Waals surface area contributed by atoms with Gasteiger partial charge in [0.25, 0.3) is 0 Å². The van der Waals surface area contributed by atoms with Gasteiger partial charge in [0.1, 0.15) is 5.54 Å². The Balaban J connectivity index is 2.22. The van der Waals surface area contributed by atoms with E-state index >= 15 is 0 Å². The molecule has 0 unspecified atom stereocenters. The normalized spacial score (nSPS) is 19.4. The van der Waals surface area contributed by atoms with E-state index in [1.165, 1.54) is 0 Å². The first-order valence-corrected chi connectivity index (χ1v) is 6.53. The second kappa shape index (κ2) is 3.95. The minimum absolute atomic E-state index is 0.0974. The highest BCUT2D eigenvalue weighted by molar-refractivity contribution is 5.93. The van der Waals surface area contributed by atoms with Gasteiger partial charge in [0.2, 0.25) is 5.91 Å². The summed E-state index contributed by atoms with van der Waals surface area (Å²) < 4.78 is 0. The summed E-state index contributed by atoms with van der Waals surface area (Å²) in [6.45, 7) is 4.01. The van der Waals surface area contributed by atoms with E-state index in [1.807, 2.05) is 50.2 Å². The van der Waals surface area contributed by atoms with Gasteiger partial charge >= 0.3 is 0 Å². The SMILES string of the molecule is CC1(C)C(=O)NC1(c1ccccc1)c1ccccc1. The largest absolute Gasteiger partial charge is 0.341 e. The van der Waals surface area contributed by atoms with E-state index in [1.54, 1.807) is 0 Å². The van der Waals surface area contributed by atoms with Gasteiger partial charge in [-0.15, -0.1) is 0 Å². The van der Waals surface area contributed by atoms with Crippen molar-refractivity contribution < 1.29 is 4.79 Å². The molecule has 1 aliphatic heterocycles. The third-order valence-electron chi connectivity index (χ3n) is 4.22. The van der Waals surface area contributed by atoms with Crippen LogP contribution in [0.5, 0.6) is 0 Å². The molecule has 0 bridgehead atoms. The van der Waals surface area contributed by atoms with Crippen molar-refractivity contribution in [2.24, 2.45) is 5.41 Å². The number of amides is 1. The predicted octanol–water partition coefficient (Wildman–Crippen LogP) is 3.09. The number of rotatable bonds is 2. The molecular formula is C17H17NO. The number of hydrogen-bond acceptors (Lipinski definition) is 1. The first kappa shape index (κ1) is 12.0. The zero-order valence-corrected chi connectivity index (χ0v) is 11.2. The van der Waals surface area contributed by atoms with Gasteiger partial charge in [-0.1, -0.05) is 60.7 Å². The fourth-order valence-corrected chi connectivity index (χ4v) is 3.00. The van der Waals surface area contributed by atoms with Gasteiger partial charge in [-0.25, -0.2) is 0 Å². The van der Waals surface area contributed by atoms with Crippen molar-refractivity contribution in [2.75, 3.05) is 0 Å². The molecule has 1 saturated heterocycles. The van der Waals surface area contributed by atoms with E-state index in [4.69, 9.17) is 0 Å². The van der Waals surface area contributed by atoms with E-state index in [0.29, 0.717) is 0 Å². The fraction of sp³-hybridized carbons (Fsp3) is 0.235. The van der Waals surface area contributed by atoms with Gasteiger partial charge in [0.05, 0.1) is 5.41 Å². The summed E-state index contributed by atoms with van der Waals surface area (Å²) in [5.41, 5.74) is 1.39. The molecule has 0 radical (unpaired) electrons. The summed E-state index contributed by atoms with van der Waals surface area (Å²) in [5, 5.41) is 3.14. The molecule has 3 rings (SSSR count). The number of β-lactam (4-membered cyclic amide) rings is 1. The molecule has 1 aliphatic rings. The first-order chi connectivity index (χ1) is 9.09. The summed E-state index contributed by atoms with van der Waals surface area (Å²) in [6, 6.07) is 20.4. The molecule has 2 aromatic rings. The van der Waals surface area contributed by atoms with Gasteiger partial charge in [0.15, 0.2) is 0 Å². The number of hydrogen-bond donors (Lipinski definition) is 1. The lowest BCUT2D eigenvalue weighted by molar-refractivity contribution is -0.149. The number of carbonyl (C=O) groups excluding carboxylic acids is 1. The maximum atomic E-state index is 12.0. The van der Waals surface area contributed by atoms with Crippen LogP contribution in [0, 0.1) is 5.41 Å². The average molecular weight is 251 g/mol. The van der Waals surface area contributed by atoms with Crippen LogP contribution >= 0.6 is 0 Å². The van der Waals surface area contributed by atoms with Gasteiger partial charge in [0, 0.05) is 0 Å². The molecule has 19 heavy (non-hydrogen) atoms. The second-order valence-electron chi connectivity index (χ2n) is 5.56. The maximum absolute atomic E-state index is 12.0. The molecule has 0 spiro atoms. The predicted molar refractivity (Wildman–Crippen MR) is 75.6 cm³/mol. The summed E-state index contributed by atoms with van der Waals surface area (Å²) in [5.74, 6) is 0.0974. The summed E-state index contributed by atoms with van der Waals surface area (Å²) in [6.07, 6.45) is 0. The highest BCUT2D eigenvalue weighted by Gasteiger charge is 2.61. The first-order valence-electron chi connectivity index (χ1n) is 6.53. The Morgan fingerprint density at radius 1 is 0.789 bits per heavy atom. The van der Waals surface area contributed by atoms with Gasteiger partial charge < -0.3 is 5.32 Å². The van der Waals surface area contributed by atoms with Crippen LogP contribution in [0.2, 0.25) is 0 Å². The second-order valence-corrected chi connectivity index (χ2v) is 5.56. The number of carbonyl (C=O) groups is 1. The third-order valence-corrected chi connectivity index (χ3v) is 4.22.